The van der Waals surface area contributed by atoms with Crippen molar-refractivity contribution >= 4 is 69.3 Å². The Morgan fingerprint density at radius 1 is 0.722 bits per heavy atom. The number of carbonyl (C=O) groups is 4. The molecule has 6 amide bonds. The number of anilines is 3. The van der Waals surface area contributed by atoms with E-state index in [0.29, 0.717) is 43.5 Å². The van der Waals surface area contributed by atoms with Gasteiger partial charge in [-0.25, -0.2) is 9.59 Å². The molecule has 0 aliphatic carbocycles. The predicted molar refractivity (Wildman–Crippen MR) is 215 cm³/mol. The number of nitro groups is 1. The van der Waals surface area contributed by atoms with Gasteiger partial charge >= 0.3 is 12.1 Å². The van der Waals surface area contributed by atoms with Gasteiger partial charge in [0.1, 0.15) is 5.69 Å². The van der Waals surface area contributed by atoms with E-state index < -0.39 is 11.0 Å². The van der Waals surface area contributed by atoms with Gasteiger partial charge in [0.05, 0.1) is 16.3 Å². The third-order valence-electron chi connectivity index (χ3n) is 9.58. The zero-order valence-corrected chi connectivity index (χ0v) is 32.0. The summed E-state index contributed by atoms with van der Waals surface area (Å²) in [6, 6.07) is 17.5. The SMILES string of the molecule is CC(=O)N1CCC(CNC(=O)Nc2cc(-c3cccs3)ccc2N)CC1.CC(=O)N1CCC(CNC(=O)Nc2cc(-c3cccs3)ccc2[N+](=O)[O-])CC1. The number of hydrogen-bond donors (Lipinski definition) is 5. The van der Waals surface area contributed by atoms with E-state index in [1.807, 2.05) is 58.1 Å². The molecule has 0 spiro atoms. The molecule has 4 aromatic rings. The van der Waals surface area contributed by atoms with Crippen LogP contribution in [-0.2, 0) is 9.59 Å². The van der Waals surface area contributed by atoms with Crippen molar-refractivity contribution in [1.82, 2.24) is 20.4 Å². The molecule has 2 aliphatic heterocycles. The first-order chi connectivity index (χ1) is 26.0. The van der Waals surface area contributed by atoms with Crippen LogP contribution in [0.15, 0.2) is 71.4 Å². The fraction of sp³-hybridized carbons (Fsp3) is 0.368. The average Bonchev–Trinajstić information content (AvgIpc) is 3.91. The number of nitro benzene ring substituents is 1. The molecule has 6 rings (SSSR count). The first kappa shape index (κ1) is 39.7. The summed E-state index contributed by atoms with van der Waals surface area (Å²) in [6.07, 6.45) is 3.48. The lowest BCUT2D eigenvalue weighted by Crippen LogP contribution is -2.41. The van der Waals surface area contributed by atoms with Crippen molar-refractivity contribution in [2.24, 2.45) is 11.8 Å². The number of urea groups is 2. The fourth-order valence-electron chi connectivity index (χ4n) is 6.36. The Morgan fingerprint density at radius 2 is 1.17 bits per heavy atom. The standard InChI is InChI=1S/C19H22N4O4S.C19H24N4O2S/c1-13(24)22-8-6-14(7-9-22)12-20-19(25)21-16-11-15(18-3-2-10-28-18)4-5-17(16)23(26)27;1-13(24)23-8-6-14(7-9-23)12-21-19(25)22-17-11-15(4-5-16(17)20)18-3-2-10-26-18/h2-5,10-11,14H,6-9,12H2,1H3,(H2,20,21,25);2-5,10-11,14H,6-9,12,20H2,1H3,(H2,21,22,25). The number of thiophene rings is 2. The Bertz CT molecular complexity index is 1900. The van der Waals surface area contributed by atoms with Crippen molar-refractivity contribution in [1.29, 1.82) is 0 Å². The molecule has 2 fully saturated rings. The number of amides is 6. The largest absolute Gasteiger partial charge is 0.397 e. The molecule has 16 heteroatoms. The molecule has 54 heavy (non-hydrogen) atoms. The highest BCUT2D eigenvalue weighted by Crippen LogP contribution is 2.33. The van der Waals surface area contributed by atoms with E-state index in [4.69, 9.17) is 5.73 Å². The van der Waals surface area contributed by atoms with E-state index in [1.54, 1.807) is 42.2 Å². The highest BCUT2D eigenvalue weighted by atomic mass is 32.1. The normalized spacial score (nSPS) is 14.7. The van der Waals surface area contributed by atoms with Crippen molar-refractivity contribution < 1.29 is 24.1 Å². The van der Waals surface area contributed by atoms with Gasteiger partial charge in [0.15, 0.2) is 0 Å². The summed E-state index contributed by atoms with van der Waals surface area (Å²) in [5.41, 5.74) is 9.01. The highest BCUT2D eigenvalue weighted by Gasteiger charge is 2.23. The number of nitrogens with zero attached hydrogens (tertiary/aromatic N) is 3. The van der Waals surface area contributed by atoms with Crippen LogP contribution in [0.1, 0.15) is 39.5 Å². The van der Waals surface area contributed by atoms with E-state index in [2.05, 4.69) is 21.3 Å². The minimum Gasteiger partial charge on any atom is -0.397 e. The van der Waals surface area contributed by atoms with Crippen molar-refractivity contribution in [3.05, 3.63) is 81.5 Å². The van der Waals surface area contributed by atoms with Gasteiger partial charge in [-0.2, -0.15) is 0 Å². The molecule has 2 aromatic heterocycles. The molecule has 2 saturated heterocycles. The molecule has 0 radical (unpaired) electrons. The van der Waals surface area contributed by atoms with Gasteiger partial charge in [0.25, 0.3) is 5.69 Å². The molecule has 0 atom stereocenters. The maximum Gasteiger partial charge on any atom is 0.319 e. The molecular weight excluding hydrogens is 729 g/mol. The van der Waals surface area contributed by atoms with Crippen LogP contribution in [0.3, 0.4) is 0 Å². The molecule has 6 N–H and O–H groups in total. The second kappa shape index (κ2) is 19.0. The van der Waals surface area contributed by atoms with E-state index in [9.17, 15) is 29.3 Å². The second-order valence-corrected chi connectivity index (χ2v) is 15.2. The third-order valence-corrected chi connectivity index (χ3v) is 11.4. The van der Waals surface area contributed by atoms with Crippen LogP contribution in [0, 0.1) is 22.0 Å². The summed E-state index contributed by atoms with van der Waals surface area (Å²) in [6.45, 7) is 7.13. The number of nitrogen functional groups attached to an aromatic ring is 1. The van der Waals surface area contributed by atoms with Gasteiger partial charge in [0, 0.05) is 68.9 Å². The molecule has 0 unspecified atom stereocenters. The van der Waals surface area contributed by atoms with Gasteiger partial charge in [-0.05, 0) is 95.8 Å². The molecule has 2 aliphatic rings. The number of likely N-dealkylation sites (tertiary alicyclic amines) is 2. The Morgan fingerprint density at radius 3 is 1.59 bits per heavy atom. The van der Waals surface area contributed by atoms with Crippen molar-refractivity contribution in [3.63, 3.8) is 0 Å². The first-order valence-electron chi connectivity index (χ1n) is 17.8. The lowest BCUT2D eigenvalue weighted by molar-refractivity contribution is -0.383. The summed E-state index contributed by atoms with van der Waals surface area (Å²) in [5.74, 6) is 0.872. The highest BCUT2D eigenvalue weighted by molar-refractivity contribution is 7.13. The lowest BCUT2D eigenvalue weighted by atomic mass is 9.97. The molecule has 14 nitrogen and oxygen atoms in total. The van der Waals surface area contributed by atoms with Gasteiger partial charge in [-0.3, -0.25) is 19.7 Å². The van der Waals surface area contributed by atoms with E-state index >= 15 is 0 Å². The minimum atomic E-state index is -0.509. The third kappa shape index (κ3) is 11.3. The Kier molecular flexibility index (Phi) is 14.0. The zero-order valence-electron chi connectivity index (χ0n) is 30.3. The summed E-state index contributed by atoms with van der Waals surface area (Å²) in [4.78, 5) is 63.8. The van der Waals surface area contributed by atoms with Crippen LogP contribution in [0.4, 0.5) is 32.3 Å². The van der Waals surface area contributed by atoms with Crippen LogP contribution in [0.2, 0.25) is 0 Å². The zero-order chi connectivity index (χ0) is 38.6. The molecule has 0 saturated carbocycles. The summed E-state index contributed by atoms with van der Waals surface area (Å²) >= 11 is 3.17. The van der Waals surface area contributed by atoms with Gasteiger partial charge < -0.3 is 36.8 Å². The fourth-order valence-corrected chi connectivity index (χ4v) is 7.81. The van der Waals surface area contributed by atoms with Crippen molar-refractivity contribution in [2.75, 3.05) is 55.6 Å². The maximum atomic E-state index is 12.3. The van der Waals surface area contributed by atoms with Crippen LogP contribution in [-0.4, -0.2) is 77.9 Å². The van der Waals surface area contributed by atoms with Crippen LogP contribution < -0.4 is 27.0 Å². The lowest BCUT2D eigenvalue weighted by Gasteiger charge is -2.31. The number of nitrogens with two attached hydrogens (primary N) is 1. The predicted octanol–water partition coefficient (Wildman–Crippen LogP) is 7.08. The topological polar surface area (TPSA) is 192 Å². The number of rotatable bonds is 9. The van der Waals surface area contributed by atoms with Crippen LogP contribution in [0.5, 0.6) is 0 Å². The Hall–Kier alpha value is -5.48. The van der Waals surface area contributed by atoms with Gasteiger partial charge in [-0.1, -0.05) is 18.2 Å². The Labute approximate surface area is 322 Å². The summed E-state index contributed by atoms with van der Waals surface area (Å²) in [7, 11) is 0. The first-order valence-corrected chi connectivity index (χ1v) is 19.6. The van der Waals surface area contributed by atoms with Crippen molar-refractivity contribution in [2.45, 2.75) is 39.5 Å². The second-order valence-electron chi connectivity index (χ2n) is 13.3. The number of benzene rings is 2. The van der Waals surface area contributed by atoms with E-state index in [1.165, 1.54) is 17.4 Å². The molecular formula is C38H46N8O6S2. The molecule has 4 heterocycles. The van der Waals surface area contributed by atoms with Gasteiger partial charge in [-0.15, -0.1) is 22.7 Å². The van der Waals surface area contributed by atoms with Crippen LogP contribution in [0.25, 0.3) is 20.9 Å². The molecule has 0 bridgehead atoms. The van der Waals surface area contributed by atoms with Gasteiger partial charge in [0.2, 0.25) is 11.8 Å². The van der Waals surface area contributed by atoms with E-state index in [-0.39, 0.29) is 35.1 Å². The Balaban J connectivity index is 0.000000208. The van der Waals surface area contributed by atoms with E-state index in [0.717, 1.165) is 59.7 Å². The number of carbonyl (C=O) groups excluding carboxylic acids is 4. The van der Waals surface area contributed by atoms with Crippen molar-refractivity contribution in [3.8, 4) is 20.9 Å². The number of piperidine rings is 2. The summed E-state index contributed by atoms with van der Waals surface area (Å²) < 4.78 is 0. The molecule has 2 aromatic carbocycles. The maximum absolute atomic E-state index is 12.3. The smallest absolute Gasteiger partial charge is 0.319 e. The monoisotopic (exact) mass is 774 g/mol. The molecule has 286 valence electrons. The number of hydrogen-bond acceptors (Lipinski definition) is 9. The van der Waals surface area contributed by atoms with Crippen LogP contribution >= 0.6 is 22.7 Å². The number of nitrogens with one attached hydrogen (secondary N) is 4. The minimum absolute atomic E-state index is 0.0714. The summed E-state index contributed by atoms with van der Waals surface area (Å²) in [5, 5.41) is 26.4. The quantitative estimate of drug-likeness (QED) is 0.0681. The average molecular weight is 775 g/mol.